The fourth-order valence-electron chi connectivity index (χ4n) is 6.82. The van der Waals surface area contributed by atoms with E-state index in [9.17, 15) is 0 Å². The molecule has 0 saturated carbocycles. The first kappa shape index (κ1) is 24.6. The van der Waals surface area contributed by atoms with Gasteiger partial charge in [-0.15, -0.1) is 0 Å². The summed E-state index contributed by atoms with van der Waals surface area (Å²) in [7, 11) is -2.27. The second-order valence-corrected chi connectivity index (χ2v) is 15.3. The van der Waals surface area contributed by atoms with E-state index in [4.69, 9.17) is 0 Å². The standard InChI is InChI=1S/C39H32Si/c1-3-40(2)38(34-26-14-22-28-16-10-12-24-32(28)34)36(30-18-6-4-7-19-30)37(31-20-8-5-9-21-31)39(40)35-27-15-23-29-17-11-13-25-33(29)35/h4-27H,3H2,1-2H3. The lowest BCUT2D eigenvalue weighted by Crippen LogP contribution is -2.32. The van der Waals surface area contributed by atoms with Gasteiger partial charge in [-0.1, -0.05) is 165 Å². The first-order chi connectivity index (χ1) is 19.7. The highest BCUT2D eigenvalue weighted by atomic mass is 28.3. The molecule has 1 heterocycles. The van der Waals surface area contributed by atoms with Gasteiger partial charge in [-0.3, -0.25) is 0 Å². The minimum absolute atomic E-state index is 1.12. The van der Waals surface area contributed by atoms with Crippen molar-refractivity contribution in [3.05, 3.63) is 168 Å². The minimum atomic E-state index is -2.27. The second kappa shape index (κ2) is 9.93. The van der Waals surface area contributed by atoms with Crippen molar-refractivity contribution in [3.8, 4) is 0 Å². The van der Waals surface area contributed by atoms with Gasteiger partial charge >= 0.3 is 0 Å². The largest absolute Gasteiger partial charge is 0.118 e. The molecule has 0 aliphatic carbocycles. The molecular formula is C39H32Si. The van der Waals surface area contributed by atoms with E-state index in [0.717, 1.165) is 6.04 Å². The molecule has 0 fully saturated rings. The Morgan fingerprint density at radius 1 is 0.425 bits per heavy atom. The summed E-state index contributed by atoms with van der Waals surface area (Å²) < 4.78 is 0. The van der Waals surface area contributed by atoms with Gasteiger partial charge in [0.25, 0.3) is 0 Å². The molecule has 0 amide bonds. The average molecular weight is 529 g/mol. The lowest BCUT2D eigenvalue weighted by molar-refractivity contribution is 1.40. The molecule has 6 aromatic carbocycles. The molecule has 0 spiro atoms. The maximum Gasteiger partial charge on any atom is 0.118 e. The Kier molecular flexibility index (Phi) is 6.10. The van der Waals surface area contributed by atoms with E-state index in [2.05, 4.69) is 159 Å². The quantitative estimate of drug-likeness (QED) is 0.195. The third kappa shape index (κ3) is 3.81. The molecule has 1 heteroatoms. The molecule has 0 nitrogen and oxygen atoms in total. The van der Waals surface area contributed by atoms with Crippen molar-refractivity contribution in [1.82, 2.24) is 0 Å². The van der Waals surface area contributed by atoms with Crippen LogP contribution in [0.25, 0.3) is 43.1 Å². The zero-order valence-corrected chi connectivity index (χ0v) is 24.1. The van der Waals surface area contributed by atoms with E-state index >= 15 is 0 Å². The lowest BCUT2D eigenvalue weighted by Gasteiger charge is -2.31. The van der Waals surface area contributed by atoms with Crippen LogP contribution in [0.15, 0.2) is 146 Å². The van der Waals surface area contributed by atoms with Gasteiger partial charge in [0.15, 0.2) is 0 Å². The third-order valence-electron chi connectivity index (χ3n) is 8.80. The van der Waals surface area contributed by atoms with E-state index in [1.54, 1.807) is 10.4 Å². The highest BCUT2D eigenvalue weighted by Gasteiger charge is 2.46. The van der Waals surface area contributed by atoms with Crippen LogP contribution < -0.4 is 0 Å². The number of fused-ring (bicyclic) bond motifs is 2. The van der Waals surface area contributed by atoms with Gasteiger partial charge in [0.1, 0.15) is 8.07 Å². The molecular weight excluding hydrogens is 497 g/mol. The molecule has 7 rings (SSSR count). The van der Waals surface area contributed by atoms with Gasteiger partial charge in [0, 0.05) is 0 Å². The molecule has 1 aliphatic heterocycles. The van der Waals surface area contributed by atoms with Gasteiger partial charge in [-0.2, -0.15) is 0 Å². The summed E-state index contributed by atoms with van der Waals surface area (Å²) in [6.45, 7) is 5.03. The molecule has 1 aliphatic rings. The summed E-state index contributed by atoms with van der Waals surface area (Å²) in [4.78, 5) is 0. The van der Waals surface area contributed by atoms with E-state index in [1.165, 1.54) is 54.9 Å². The predicted octanol–water partition coefficient (Wildman–Crippen LogP) is 10.7. The molecule has 0 radical (unpaired) electrons. The molecule has 192 valence electrons. The van der Waals surface area contributed by atoms with Crippen LogP contribution in [0.4, 0.5) is 0 Å². The Morgan fingerprint density at radius 2 is 0.800 bits per heavy atom. The van der Waals surface area contributed by atoms with E-state index in [0.29, 0.717) is 0 Å². The number of hydrogen-bond donors (Lipinski definition) is 0. The van der Waals surface area contributed by atoms with Crippen LogP contribution in [0.5, 0.6) is 0 Å². The average Bonchev–Trinajstić information content (AvgIpc) is 3.30. The number of allylic oxidation sites excluding steroid dienone is 2. The zero-order valence-electron chi connectivity index (χ0n) is 23.1. The van der Waals surface area contributed by atoms with Crippen molar-refractivity contribution < 1.29 is 0 Å². The summed E-state index contributed by atoms with van der Waals surface area (Å²) in [5, 5.41) is 8.39. The van der Waals surface area contributed by atoms with Crippen molar-refractivity contribution >= 4 is 51.2 Å². The first-order valence-corrected chi connectivity index (χ1v) is 17.0. The fourth-order valence-corrected chi connectivity index (χ4v) is 11.0. The lowest BCUT2D eigenvalue weighted by atomic mass is 9.88. The summed E-state index contributed by atoms with van der Waals surface area (Å²) >= 11 is 0. The molecule has 0 aromatic heterocycles. The third-order valence-corrected chi connectivity index (χ3v) is 13.5. The minimum Gasteiger partial charge on any atom is -0.0672 e. The van der Waals surface area contributed by atoms with Crippen molar-refractivity contribution in [2.75, 3.05) is 0 Å². The van der Waals surface area contributed by atoms with E-state index in [-0.39, 0.29) is 0 Å². The highest BCUT2D eigenvalue weighted by molar-refractivity contribution is 7.14. The van der Waals surface area contributed by atoms with Crippen molar-refractivity contribution in [3.63, 3.8) is 0 Å². The molecule has 0 unspecified atom stereocenters. The Morgan fingerprint density at radius 3 is 1.23 bits per heavy atom. The van der Waals surface area contributed by atoms with Gasteiger partial charge in [-0.25, -0.2) is 0 Å². The monoisotopic (exact) mass is 528 g/mol. The van der Waals surface area contributed by atoms with Gasteiger partial charge in [0.2, 0.25) is 0 Å². The van der Waals surface area contributed by atoms with Crippen LogP contribution in [0.3, 0.4) is 0 Å². The fraction of sp³-hybridized carbons (Fsp3) is 0.0769. The number of hydrogen-bond acceptors (Lipinski definition) is 0. The second-order valence-electron chi connectivity index (χ2n) is 11.0. The molecule has 0 saturated heterocycles. The number of benzene rings is 6. The van der Waals surface area contributed by atoms with Crippen molar-refractivity contribution in [1.29, 1.82) is 0 Å². The molecule has 40 heavy (non-hydrogen) atoms. The molecule has 0 bridgehead atoms. The smallest absolute Gasteiger partial charge is 0.0672 e. The topological polar surface area (TPSA) is 0 Å². The molecule has 6 aromatic rings. The van der Waals surface area contributed by atoms with Crippen LogP contribution in [0.1, 0.15) is 29.2 Å². The molecule has 0 N–H and O–H groups in total. The summed E-state index contributed by atoms with van der Waals surface area (Å²) in [6.07, 6.45) is 0. The normalized spacial score (nSPS) is 14.8. The van der Waals surface area contributed by atoms with Gasteiger partial charge < -0.3 is 0 Å². The van der Waals surface area contributed by atoms with Crippen LogP contribution in [0.2, 0.25) is 12.6 Å². The molecule has 0 atom stereocenters. The maximum absolute atomic E-state index is 2.61. The van der Waals surface area contributed by atoms with Crippen LogP contribution in [-0.4, -0.2) is 8.07 Å². The summed E-state index contributed by atoms with van der Waals surface area (Å²) in [5.41, 5.74) is 8.18. The van der Waals surface area contributed by atoms with Gasteiger partial charge in [0.05, 0.1) is 0 Å². The summed E-state index contributed by atoms with van der Waals surface area (Å²) in [5.74, 6) is 0. The Labute approximate surface area is 238 Å². The maximum atomic E-state index is 2.61. The zero-order chi connectivity index (χ0) is 27.1. The highest BCUT2D eigenvalue weighted by Crippen LogP contribution is 2.58. The van der Waals surface area contributed by atoms with Crippen LogP contribution in [-0.2, 0) is 0 Å². The van der Waals surface area contributed by atoms with Crippen molar-refractivity contribution in [2.24, 2.45) is 0 Å². The Hall–Kier alpha value is -4.46. The van der Waals surface area contributed by atoms with E-state index in [1.807, 2.05) is 0 Å². The number of rotatable bonds is 5. The predicted molar refractivity (Wildman–Crippen MR) is 177 cm³/mol. The Bertz CT molecular complexity index is 1780. The SMILES string of the molecule is CC[Si]1(C)C(c2cccc3ccccc23)=C(c2ccccc2)C(c2ccccc2)=C1c1cccc2ccccc12. The van der Waals surface area contributed by atoms with Crippen LogP contribution in [0, 0.1) is 0 Å². The summed E-state index contributed by atoms with van der Waals surface area (Å²) in [6, 6.07) is 54.9. The first-order valence-electron chi connectivity index (χ1n) is 14.3. The van der Waals surface area contributed by atoms with Gasteiger partial charge in [-0.05, 0) is 65.3 Å². The Balaban J connectivity index is 1.68. The van der Waals surface area contributed by atoms with E-state index < -0.39 is 8.07 Å². The van der Waals surface area contributed by atoms with Crippen molar-refractivity contribution in [2.45, 2.75) is 19.5 Å². The van der Waals surface area contributed by atoms with Crippen LogP contribution >= 0.6 is 0 Å².